The lowest BCUT2D eigenvalue weighted by Gasteiger charge is -2.25. The average Bonchev–Trinajstić information content (AvgIpc) is 3.32. The number of aryl methyl sites for hydroxylation is 1. The number of carbonyl (C=O) groups is 1. The van der Waals surface area contributed by atoms with Crippen molar-refractivity contribution < 1.29 is 31.1 Å². The number of rotatable bonds is 6. The fraction of sp³-hybridized carbons (Fsp3) is 0.138. The molecular weight excluding hydrogens is 565 g/mol. The van der Waals surface area contributed by atoms with Crippen LogP contribution in [0, 0.1) is 6.92 Å². The minimum Gasteiger partial charge on any atom is -0.457 e. The quantitative estimate of drug-likeness (QED) is 0.253. The van der Waals surface area contributed by atoms with Gasteiger partial charge in [-0.2, -0.15) is 13.2 Å². The molecule has 206 valence electrons. The highest BCUT2D eigenvalue weighted by molar-refractivity contribution is 7.89. The number of urea groups is 1. The molecule has 1 N–H and O–H groups in total. The number of nitrogens with zero attached hydrogens (tertiary/aromatic N) is 1. The standard InChI is InChI=1S/C29H22ClF3N2O4S/c1-18-5-14-27(25(15-18)19-6-10-23(11-7-19)39-24-12-8-22(30)9-13-24)40(37,38)35-26(17-34-28(35)36)20-3-2-4-21(16-20)29(31,32)33/h2-16,26H,17H2,1H3,(H,34,36). The van der Waals surface area contributed by atoms with Crippen LogP contribution in [0.2, 0.25) is 5.02 Å². The van der Waals surface area contributed by atoms with Gasteiger partial charge in [0.1, 0.15) is 11.5 Å². The van der Waals surface area contributed by atoms with E-state index in [1.165, 1.54) is 18.2 Å². The molecule has 4 aromatic rings. The maximum atomic E-state index is 14.0. The zero-order chi connectivity index (χ0) is 28.7. The third kappa shape index (κ3) is 5.50. The van der Waals surface area contributed by atoms with Gasteiger partial charge in [-0.3, -0.25) is 0 Å². The van der Waals surface area contributed by atoms with Gasteiger partial charge in [0.05, 0.1) is 16.5 Å². The molecule has 40 heavy (non-hydrogen) atoms. The van der Waals surface area contributed by atoms with E-state index in [0.29, 0.717) is 32.0 Å². The van der Waals surface area contributed by atoms with E-state index in [1.807, 2.05) is 0 Å². The number of hydrogen-bond donors (Lipinski definition) is 1. The summed E-state index contributed by atoms with van der Waals surface area (Å²) in [5.74, 6) is 1.07. The first-order valence-electron chi connectivity index (χ1n) is 12.1. The first-order valence-corrected chi connectivity index (χ1v) is 13.9. The summed E-state index contributed by atoms with van der Waals surface area (Å²) < 4.78 is 74.4. The first-order chi connectivity index (χ1) is 18.9. The second-order valence-electron chi connectivity index (χ2n) is 9.21. The predicted octanol–water partition coefficient (Wildman–Crippen LogP) is 7.58. The Balaban J connectivity index is 1.51. The Hall–Kier alpha value is -4.02. The molecule has 1 unspecified atom stereocenters. The maximum absolute atomic E-state index is 14.0. The van der Waals surface area contributed by atoms with Gasteiger partial charge in [0, 0.05) is 17.1 Å². The number of sulfonamides is 1. The van der Waals surface area contributed by atoms with Crippen LogP contribution in [0.1, 0.15) is 22.7 Å². The van der Waals surface area contributed by atoms with Gasteiger partial charge in [-0.25, -0.2) is 17.5 Å². The Labute approximate surface area is 234 Å². The Bertz CT molecular complexity index is 1680. The van der Waals surface area contributed by atoms with Gasteiger partial charge in [-0.15, -0.1) is 0 Å². The van der Waals surface area contributed by atoms with Gasteiger partial charge in [-0.1, -0.05) is 53.6 Å². The number of carbonyl (C=O) groups excluding carboxylic acids is 1. The van der Waals surface area contributed by atoms with Gasteiger partial charge >= 0.3 is 12.2 Å². The molecular formula is C29H22ClF3N2O4S. The van der Waals surface area contributed by atoms with Crippen LogP contribution in [0.3, 0.4) is 0 Å². The number of amides is 2. The molecule has 0 aromatic heterocycles. The lowest BCUT2D eigenvalue weighted by Crippen LogP contribution is -2.36. The summed E-state index contributed by atoms with van der Waals surface area (Å²) in [7, 11) is -4.50. The van der Waals surface area contributed by atoms with E-state index >= 15 is 0 Å². The van der Waals surface area contributed by atoms with Crippen LogP contribution in [-0.2, 0) is 16.2 Å². The van der Waals surface area contributed by atoms with Crippen LogP contribution in [0.15, 0.2) is 95.9 Å². The Morgan fingerprint density at radius 2 is 1.57 bits per heavy atom. The summed E-state index contributed by atoms with van der Waals surface area (Å²) in [4.78, 5) is 12.6. The molecule has 1 aliphatic heterocycles. The highest BCUT2D eigenvalue weighted by Gasteiger charge is 2.43. The Morgan fingerprint density at radius 1 is 0.925 bits per heavy atom. The third-order valence-corrected chi connectivity index (χ3v) is 8.52. The molecule has 1 aliphatic rings. The highest BCUT2D eigenvalue weighted by atomic mass is 35.5. The second-order valence-corrected chi connectivity index (χ2v) is 11.4. The number of halogens is 4. The van der Waals surface area contributed by atoms with E-state index in [2.05, 4.69) is 5.32 Å². The lowest BCUT2D eigenvalue weighted by atomic mass is 10.0. The third-order valence-electron chi connectivity index (χ3n) is 6.42. The van der Waals surface area contributed by atoms with Crippen LogP contribution in [0.25, 0.3) is 11.1 Å². The van der Waals surface area contributed by atoms with Crippen LogP contribution < -0.4 is 10.1 Å². The lowest BCUT2D eigenvalue weighted by molar-refractivity contribution is -0.137. The van der Waals surface area contributed by atoms with Gasteiger partial charge in [-0.05, 0) is 72.6 Å². The molecule has 1 heterocycles. The number of hydrogen-bond acceptors (Lipinski definition) is 4. The Kier molecular flexibility index (Phi) is 7.24. The maximum Gasteiger partial charge on any atom is 0.416 e. The molecule has 0 radical (unpaired) electrons. The van der Waals surface area contributed by atoms with E-state index in [0.717, 1.165) is 17.7 Å². The molecule has 0 spiro atoms. The van der Waals surface area contributed by atoms with Crippen molar-refractivity contribution in [3.63, 3.8) is 0 Å². The zero-order valence-electron chi connectivity index (χ0n) is 20.9. The number of benzene rings is 4. The Morgan fingerprint density at radius 3 is 2.23 bits per heavy atom. The summed E-state index contributed by atoms with van der Waals surface area (Å²) in [6.45, 7) is 1.63. The normalized spacial score (nSPS) is 15.7. The number of nitrogens with one attached hydrogen (secondary N) is 1. The summed E-state index contributed by atoms with van der Waals surface area (Å²) in [5, 5.41) is 3.03. The average molecular weight is 587 g/mol. The molecule has 2 amide bonds. The molecule has 6 nitrogen and oxygen atoms in total. The molecule has 5 rings (SSSR count). The molecule has 0 saturated carbocycles. The van der Waals surface area contributed by atoms with Gasteiger partial charge < -0.3 is 10.1 Å². The summed E-state index contributed by atoms with van der Waals surface area (Å²) in [6.07, 6.45) is -4.62. The van der Waals surface area contributed by atoms with Crippen molar-refractivity contribution in [2.45, 2.75) is 24.0 Å². The van der Waals surface area contributed by atoms with E-state index in [1.54, 1.807) is 67.6 Å². The summed E-state index contributed by atoms with van der Waals surface area (Å²) in [5.41, 5.74) is 0.768. The molecule has 11 heteroatoms. The van der Waals surface area contributed by atoms with Crippen molar-refractivity contribution >= 4 is 27.7 Å². The molecule has 1 atom stereocenters. The smallest absolute Gasteiger partial charge is 0.416 e. The van der Waals surface area contributed by atoms with Gasteiger partial charge in [0.25, 0.3) is 10.0 Å². The SMILES string of the molecule is Cc1ccc(S(=O)(=O)N2C(=O)NCC2c2cccc(C(F)(F)F)c2)c(-c2ccc(Oc3ccc(Cl)cc3)cc2)c1. The van der Waals surface area contributed by atoms with E-state index in [4.69, 9.17) is 16.3 Å². The monoisotopic (exact) mass is 586 g/mol. The summed E-state index contributed by atoms with van der Waals surface area (Å²) >= 11 is 5.91. The highest BCUT2D eigenvalue weighted by Crippen LogP contribution is 2.38. The summed E-state index contributed by atoms with van der Waals surface area (Å²) in [6, 6.07) is 20.4. The van der Waals surface area contributed by atoms with Crippen molar-refractivity contribution in [3.8, 4) is 22.6 Å². The fourth-order valence-corrected chi connectivity index (χ4v) is 6.33. The minimum atomic E-state index is -4.62. The minimum absolute atomic E-state index is 0.0501. The van der Waals surface area contributed by atoms with Crippen LogP contribution in [-0.4, -0.2) is 25.3 Å². The van der Waals surface area contributed by atoms with E-state index in [-0.39, 0.29) is 17.0 Å². The molecule has 0 bridgehead atoms. The molecule has 0 aliphatic carbocycles. The predicted molar refractivity (Wildman–Crippen MR) is 145 cm³/mol. The first kappa shape index (κ1) is 27.5. The van der Waals surface area contributed by atoms with Crippen LogP contribution in [0.5, 0.6) is 11.5 Å². The van der Waals surface area contributed by atoms with Crippen LogP contribution in [0.4, 0.5) is 18.0 Å². The topological polar surface area (TPSA) is 75.7 Å². The number of alkyl halides is 3. The molecule has 4 aromatic carbocycles. The molecule has 1 saturated heterocycles. The largest absolute Gasteiger partial charge is 0.457 e. The van der Waals surface area contributed by atoms with Crippen molar-refractivity contribution in [2.75, 3.05) is 6.54 Å². The molecule has 1 fully saturated rings. The van der Waals surface area contributed by atoms with Gasteiger partial charge in [0.15, 0.2) is 0 Å². The van der Waals surface area contributed by atoms with Crippen LogP contribution >= 0.6 is 11.6 Å². The van der Waals surface area contributed by atoms with Crippen molar-refractivity contribution in [1.29, 1.82) is 0 Å². The van der Waals surface area contributed by atoms with E-state index < -0.39 is 33.8 Å². The van der Waals surface area contributed by atoms with Crippen molar-refractivity contribution in [3.05, 3.63) is 113 Å². The van der Waals surface area contributed by atoms with E-state index in [9.17, 15) is 26.4 Å². The van der Waals surface area contributed by atoms with Crippen molar-refractivity contribution in [1.82, 2.24) is 9.62 Å². The number of ether oxygens (including phenoxy) is 1. The van der Waals surface area contributed by atoms with Gasteiger partial charge in [0.2, 0.25) is 0 Å². The fourth-order valence-electron chi connectivity index (χ4n) is 4.48. The zero-order valence-corrected chi connectivity index (χ0v) is 22.5. The second kappa shape index (κ2) is 10.5. The van der Waals surface area contributed by atoms with Crippen molar-refractivity contribution in [2.24, 2.45) is 0 Å².